The number of alkyl halides is 3. The second-order valence-electron chi connectivity index (χ2n) is 8.21. The molecule has 0 aliphatic carbocycles. The summed E-state index contributed by atoms with van der Waals surface area (Å²) in [5.74, 6) is 1.79. The van der Waals surface area contributed by atoms with E-state index in [-0.39, 0.29) is 17.4 Å². The minimum Gasteiger partial charge on any atom is -0.367 e. The molecule has 7 heteroatoms. The van der Waals surface area contributed by atoms with Gasteiger partial charge >= 0.3 is 6.18 Å². The highest BCUT2D eigenvalue weighted by molar-refractivity contribution is 5.39. The number of nitrogens with zero attached hydrogens (tertiary/aromatic N) is 3. The lowest BCUT2D eigenvalue weighted by Crippen LogP contribution is -2.43. The Bertz CT molecular complexity index is 571. The minimum absolute atomic E-state index is 0.0842. The third-order valence-corrected chi connectivity index (χ3v) is 4.37. The zero-order chi connectivity index (χ0) is 18.8. The van der Waals surface area contributed by atoms with Crippen LogP contribution in [0.25, 0.3) is 0 Å². The lowest BCUT2D eigenvalue weighted by atomic mass is 9.91. The Labute approximate surface area is 148 Å². The molecule has 0 radical (unpaired) electrons. The van der Waals surface area contributed by atoms with Gasteiger partial charge in [0.15, 0.2) is 0 Å². The molecule has 2 rings (SSSR count). The van der Waals surface area contributed by atoms with Gasteiger partial charge in [0.1, 0.15) is 11.6 Å². The van der Waals surface area contributed by atoms with Crippen molar-refractivity contribution in [3.63, 3.8) is 0 Å². The monoisotopic (exact) mass is 358 g/mol. The molecule has 0 saturated carbocycles. The summed E-state index contributed by atoms with van der Waals surface area (Å²) in [5, 5.41) is 3.41. The molecular formula is C18H29F3N4. The highest BCUT2D eigenvalue weighted by Gasteiger charge is 2.32. The van der Waals surface area contributed by atoms with E-state index in [9.17, 15) is 13.2 Å². The van der Waals surface area contributed by atoms with Crippen LogP contribution in [-0.4, -0.2) is 46.7 Å². The van der Waals surface area contributed by atoms with E-state index in [0.29, 0.717) is 25.9 Å². The number of likely N-dealkylation sites (tertiary alicyclic amines) is 1. The van der Waals surface area contributed by atoms with E-state index < -0.39 is 12.7 Å². The van der Waals surface area contributed by atoms with E-state index in [4.69, 9.17) is 0 Å². The Kier molecular flexibility index (Phi) is 5.97. The predicted molar refractivity (Wildman–Crippen MR) is 94.0 cm³/mol. The first kappa shape index (κ1) is 19.9. The maximum atomic E-state index is 12.5. The van der Waals surface area contributed by atoms with Crippen LogP contribution >= 0.6 is 0 Å². The van der Waals surface area contributed by atoms with Gasteiger partial charge in [-0.3, -0.25) is 4.90 Å². The van der Waals surface area contributed by atoms with Crippen LogP contribution in [0.15, 0.2) is 6.07 Å². The first-order valence-corrected chi connectivity index (χ1v) is 8.89. The molecule has 0 bridgehead atoms. The molecule has 4 nitrogen and oxygen atoms in total. The average molecular weight is 358 g/mol. The fourth-order valence-electron chi connectivity index (χ4n) is 2.88. The number of nitrogens with one attached hydrogen (secondary N) is 1. The van der Waals surface area contributed by atoms with Gasteiger partial charge in [0, 0.05) is 36.5 Å². The zero-order valence-corrected chi connectivity index (χ0v) is 15.7. The number of halogens is 3. The molecule has 1 saturated heterocycles. The fourth-order valence-corrected chi connectivity index (χ4v) is 2.88. The molecule has 25 heavy (non-hydrogen) atoms. The molecule has 1 fully saturated rings. The molecule has 1 aromatic heterocycles. The summed E-state index contributed by atoms with van der Waals surface area (Å²) < 4.78 is 37.5. The smallest absolute Gasteiger partial charge is 0.367 e. The van der Waals surface area contributed by atoms with Crippen LogP contribution in [0, 0.1) is 0 Å². The molecule has 1 aliphatic heterocycles. The van der Waals surface area contributed by atoms with Crippen molar-refractivity contribution >= 4 is 5.82 Å². The number of anilines is 1. The first-order chi connectivity index (χ1) is 11.4. The van der Waals surface area contributed by atoms with E-state index in [1.807, 2.05) is 6.07 Å². The van der Waals surface area contributed by atoms with E-state index >= 15 is 0 Å². The van der Waals surface area contributed by atoms with Gasteiger partial charge in [0.25, 0.3) is 0 Å². The standard InChI is InChI=1S/C18H29F3N4/c1-12(2)16-23-14(17(3,4)5)10-15(24-16)22-13-6-8-25(9-7-13)11-18(19,20)21/h10,12-13H,6-9,11H2,1-5H3,(H,22,23,24). The summed E-state index contributed by atoms with van der Waals surface area (Å²) in [6.07, 6.45) is -2.76. The molecule has 0 unspecified atom stereocenters. The van der Waals surface area contributed by atoms with E-state index in [0.717, 1.165) is 17.3 Å². The Hall–Kier alpha value is -1.37. The lowest BCUT2D eigenvalue weighted by molar-refractivity contribution is -0.147. The Morgan fingerprint density at radius 2 is 1.76 bits per heavy atom. The second-order valence-corrected chi connectivity index (χ2v) is 8.21. The quantitative estimate of drug-likeness (QED) is 0.869. The summed E-state index contributed by atoms with van der Waals surface area (Å²) in [7, 11) is 0. The van der Waals surface area contributed by atoms with Crippen LogP contribution < -0.4 is 5.32 Å². The van der Waals surface area contributed by atoms with E-state index in [1.165, 1.54) is 4.90 Å². The molecule has 2 heterocycles. The summed E-state index contributed by atoms with van der Waals surface area (Å²) >= 11 is 0. The van der Waals surface area contributed by atoms with Crippen LogP contribution in [0.5, 0.6) is 0 Å². The molecule has 1 aliphatic rings. The van der Waals surface area contributed by atoms with Gasteiger partial charge in [-0.2, -0.15) is 13.2 Å². The highest BCUT2D eigenvalue weighted by atomic mass is 19.4. The molecule has 142 valence electrons. The van der Waals surface area contributed by atoms with Crippen molar-refractivity contribution in [1.29, 1.82) is 0 Å². The Morgan fingerprint density at radius 1 is 1.16 bits per heavy atom. The molecule has 0 atom stereocenters. The lowest BCUT2D eigenvalue weighted by Gasteiger charge is -2.33. The predicted octanol–water partition coefficient (Wildman–Crippen LogP) is 4.34. The summed E-state index contributed by atoms with van der Waals surface area (Å²) in [6, 6.07) is 2.11. The van der Waals surface area contributed by atoms with Gasteiger partial charge in [-0.05, 0) is 12.8 Å². The van der Waals surface area contributed by atoms with Crippen molar-refractivity contribution in [1.82, 2.24) is 14.9 Å². The molecule has 0 amide bonds. The third kappa shape index (κ3) is 6.13. The van der Waals surface area contributed by atoms with Gasteiger partial charge in [0.05, 0.1) is 12.2 Å². The zero-order valence-electron chi connectivity index (χ0n) is 15.7. The maximum absolute atomic E-state index is 12.5. The number of piperidine rings is 1. The Morgan fingerprint density at radius 3 is 2.24 bits per heavy atom. The number of aromatic nitrogens is 2. The summed E-state index contributed by atoms with van der Waals surface area (Å²) in [4.78, 5) is 10.7. The van der Waals surface area contributed by atoms with Gasteiger partial charge < -0.3 is 5.32 Å². The van der Waals surface area contributed by atoms with Crippen LogP contribution in [-0.2, 0) is 5.41 Å². The van der Waals surface area contributed by atoms with E-state index in [1.54, 1.807) is 0 Å². The van der Waals surface area contributed by atoms with Gasteiger partial charge in [-0.1, -0.05) is 34.6 Å². The molecule has 0 aromatic carbocycles. The first-order valence-electron chi connectivity index (χ1n) is 8.89. The van der Waals surface area contributed by atoms with Crippen molar-refractivity contribution in [2.45, 2.75) is 71.0 Å². The average Bonchev–Trinajstić information content (AvgIpc) is 2.46. The van der Waals surface area contributed by atoms with Crippen molar-refractivity contribution in [3.05, 3.63) is 17.6 Å². The molecule has 1 aromatic rings. The second kappa shape index (κ2) is 7.48. The van der Waals surface area contributed by atoms with Crippen molar-refractivity contribution in [2.24, 2.45) is 0 Å². The van der Waals surface area contributed by atoms with Crippen LogP contribution in [0.3, 0.4) is 0 Å². The van der Waals surface area contributed by atoms with Crippen LogP contribution in [0.1, 0.15) is 64.9 Å². The van der Waals surface area contributed by atoms with Crippen LogP contribution in [0.2, 0.25) is 0 Å². The van der Waals surface area contributed by atoms with Crippen molar-refractivity contribution in [2.75, 3.05) is 25.0 Å². The molecule has 0 spiro atoms. The van der Waals surface area contributed by atoms with Gasteiger partial charge in [-0.25, -0.2) is 9.97 Å². The maximum Gasteiger partial charge on any atom is 0.401 e. The summed E-state index contributed by atoms with van der Waals surface area (Å²) in [5.41, 5.74) is 0.891. The molecule has 1 N–H and O–H groups in total. The minimum atomic E-state index is -4.12. The van der Waals surface area contributed by atoms with Gasteiger partial charge in [-0.15, -0.1) is 0 Å². The number of hydrogen-bond donors (Lipinski definition) is 1. The summed E-state index contributed by atoms with van der Waals surface area (Å²) in [6.45, 7) is 10.5. The number of rotatable bonds is 4. The Balaban J connectivity index is 2.04. The SMILES string of the molecule is CC(C)c1nc(NC2CCN(CC(F)(F)F)CC2)cc(C(C)(C)C)n1. The van der Waals surface area contributed by atoms with Gasteiger partial charge in [0.2, 0.25) is 0 Å². The topological polar surface area (TPSA) is 41.1 Å². The van der Waals surface area contributed by atoms with E-state index in [2.05, 4.69) is 49.9 Å². The third-order valence-electron chi connectivity index (χ3n) is 4.37. The van der Waals surface area contributed by atoms with Crippen molar-refractivity contribution < 1.29 is 13.2 Å². The van der Waals surface area contributed by atoms with Crippen LogP contribution in [0.4, 0.5) is 19.0 Å². The van der Waals surface area contributed by atoms with Crippen molar-refractivity contribution in [3.8, 4) is 0 Å². The normalized spacial score (nSPS) is 18.0. The molecular weight excluding hydrogens is 329 g/mol. The largest absolute Gasteiger partial charge is 0.401 e. The number of hydrogen-bond acceptors (Lipinski definition) is 4. The fraction of sp³-hybridized carbons (Fsp3) is 0.778. The highest BCUT2D eigenvalue weighted by Crippen LogP contribution is 2.26.